The molecular formula is C25H20N2O6S. The summed E-state index contributed by atoms with van der Waals surface area (Å²) in [6.45, 7) is 0.0949. The third kappa shape index (κ3) is 3.50. The standard InChI is InChI=1S/C25H20N2O6S/c1-30-17-11-14(12-18(31-2)22(17)32-3)23-26-24-20(21(28)16-8-4-5-9-19(16)34-24)25(29)27(23)13-15-7-6-10-33-15/h4-12H,13H2,1-3H3. The van der Waals surface area contributed by atoms with Crippen molar-refractivity contribution in [1.82, 2.24) is 9.55 Å². The monoisotopic (exact) mass is 476 g/mol. The zero-order valence-corrected chi connectivity index (χ0v) is 19.5. The van der Waals surface area contributed by atoms with E-state index in [0.717, 1.165) is 4.70 Å². The first-order valence-corrected chi connectivity index (χ1v) is 11.2. The van der Waals surface area contributed by atoms with Gasteiger partial charge in [0.1, 0.15) is 21.8 Å². The minimum absolute atomic E-state index is 0.0476. The van der Waals surface area contributed by atoms with Crippen LogP contribution >= 0.6 is 11.3 Å². The fourth-order valence-electron chi connectivity index (χ4n) is 3.92. The van der Waals surface area contributed by atoms with Gasteiger partial charge in [-0.3, -0.25) is 14.2 Å². The van der Waals surface area contributed by atoms with Crippen LogP contribution in [0.5, 0.6) is 17.2 Å². The van der Waals surface area contributed by atoms with Crippen molar-refractivity contribution in [3.8, 4) is 28.6 Å². The Bertz CT molecular complexity index is 1610. The Hall–Kier alpha value is -4.11. The average Bonchev–Trinajstić information content (AvgIpc) is 3.38. The average molecular weight is 477 g/mol. The summed E-state index contributed by atoms with van der Waals surface area (Å²) >= 11 is 1.30. The number of hydrogen-bond acceptors (Lipinski definition) is 8. The Balaban J connectivity index is 1.88. The third-order valence-corrected chi connectivity index (χ3v) is 6.58. The van der Waals surface area contributed by atoms with Gasteiger partial charge in [-0.15, -0.1) is 11.3 Å². The number of methoxy groups -OCH3 is 3. The maximum atomic E-state index is 13.7. The van der Waals surface area contributed by atoms with Crippen LogP contribution in [-0.4, -0.2) is 30.9 Å². The van der Waals surface area contributed by atoms with Gasteiger partial charge in [0, 0.05) is 15.6 Å². The molecule has 9 heteroatoms. The van der Waals surface area contributed by atoms with E-state index in [1.54, 1.807) is 36.4 Å². The predicted octanol–water partition coefficient (Wildman–Crippen LogP) is 4.31. The van der Waals surface area contributed by atoms with Gasteiger partial charge in [0.15, 0.2) is 11.5 Å². The summed E-state index contributed by atoms with van der Waals surface area (Å²) in [5, 5.41) is 0.537. The second-order valence-corrected chi connectivity index (χ2v) is 8.46. The number of fused-ring (bicyclic) bond motifs is 2. The first-order chi connectivity index (χ1) is 16.5. The van der Waals surface area contributed by atoms with E-state index in [2.05, 4.69) is 0 Å². The lowest BCUT2D eigenvalue weighted by Crippen LogP contribution is -2.27. The summed E-state index contributed by atoms with van der Waals surface area (Å²) in [5.41, 5.74) is -0.225. The maximum Gasteiger partial charge on any atom is 0.266 e. The SMILES string of the molecule is COc1cc(-c2nc3sc4ccccc4c(=O)c3c(=O)n2Cc2ccco2)cc(OC)c1OC. The van der Waals surface area contributed by atoms with Gasteiger partial charge in [-0.1, -0.05) is 12.1 Å². The molecule has 172 valence electrons. The van der Waals surface area contributed by atoms with Crippen LogP contribution in [0.15, 0.2) is 68.8 Å². The summed E-state index contributed by atoms with van der Waals surface area (Å²) < 4.78 is 24.1. The molecule has 5 aromatic rings. The molecule has 3 aromatic heterocycles. The van der Waals surface area contributed by atoms with E-state index in [0.29, 0.717) is 44.6 Å². The molecule has 2 aromatic carbocycles. The Kier molecular flexibility index (Phi) is 5.54. The number of benzene rings is 2. The van der Waals surface area contributed by atoms with Crippen LogP contribution in [0, 0.1) is 0 Å². The van der Waals surface area contributed by atoms with Gasteiger partial charge in [-0.25, -0.2) is 4.98 Å². The minimum atomic E-state index is -0.447. The van der Waals surface area contributed by atoms with Crippen molar-refractivity contribution in [3.63, 3.8) is 0 Å². The van der Waals surface area contributed by atoms with E-state index in [1.807, 2.05) is 12.1 Å². The molecule has 8 nitrogen and oxygen atoms in total. The maximum absolute atomic E-state index is 13.7. The van der Waals surface area contributed by atoms with E-state index in [9.17, 15) is 9.59 Å². The van der Waals surface area contributed by atoms with Crippen molar-refractivity contribution in [2.75, 3.05) is 21.3 Å². The second-order valence-electron chi connectivity index (χ2n) is 7.43. The summed E-state index contributed by atoms with van der Waals surface area (Å²) in [6.07, 6.45) is 1.53. The quantitative estimate of drug-likeness (QED) is 0.337. The van der Waals surface area contributed by atoms with E-state index in [1.165, 1.54) is 43.5 Å². The molecule has 0 N–H and O–H groups in total. The first kappa shape index (κ1) is 21.7. The second kappa shape index (κ2) is 8.68. The van der Waals surface area contributed by atoms with Gasteiger partial charge in [-0.2, -0.15) is 0 Å². The molecular weight excluding hydrogens is 456 g/mol. The van der Waals surface area contributed by atoms with Crippen LogP contribution in [0.25, 0.3) is 31.7 Å². The highest BCUT2D eigenvalue weighted by molar-refractivity contribution is 7.24. The number of rotatable bonds is 6. The van der Waals surface area contributed by atoms with Crippen molar-refractivity contribution >= 4 is 31.6 Å². The fourth-order valence-corrected chi connectivity index (χ4v) is 4.96. The molecule has 0 unspecified atom stereocenters. The van der Waals surface area contributed by atoms with Gasteiger partial charge in [0.25, 0.3) is 5.56 Å². The van der Waals surface area contributed by atoms with E-state index in [4.69, 9.17) is 23.6 Å². The Labute approximate surface area is 197 Å². The van der Waals surface area contributed by atoms with Crippen LogP contribution in [0.4, 0.5) is 0 Å². The summed E-state index contributed by atoms with van der Waals surface area (Å²) in [5.74, 6) is 2.16. The minimum Gasteiger partial charge on any atom is -0.493 e. The lowest BCUT2D eigenvalue weighted by Gasteiger charge is -2.17. The molecule has 34 heavy (non-hydrogen) atoms. The van der Waals surface area contributed by atoms with Crippen molar-refractivity contribution in [1.29, 1.82) is 0 Å². The fraction of sp³-hybridized carbons (Fsp3) is 0.160. The Morgan fingerprint density at radius 1 is 0.971 bits per heavy atom. The normalized spacial score (nSPS) is 11.1. The topological polar surface area (TPSA) is 92.8 Å². The molecule has 0 bridgehead atoms. The molecule has 0 saturated carbocycles. The van der Waals surface area contributed by atoms with Crippen molar-refractivity contribution in [3.05, 3.63) is 81.1 Å². The number of hydrogen-bond donors (Lipinski definition) is 0. The van der Waals surface area contributed by atoms with Gasteiger partial charge >= 0.3 is 0 Å². The van der Waals surface area contributed by atoms with E-state index < -0.39 is 5.56 Å². The molecule has 0 aliphatic heterocycles. The third-order valence-electron chi connectivity index (χ3n) is 5.52. The van der Waals surface area contributed by atoms with Crippen molar-refractivity contribution < 1.29 is 18.6 Å². The largest absolute Gasteiger partial charge is 0.493 e. The molecule has 0 aliphatic rings. The summed E-state index contributed by atoms with van der Waals surface area (Å²) in [7, 11) is 4.55. The highest BCUT2D eigenvalue weighted by atomic mass is 32.1. The van der Waals surface area contributed by atoms with E-state index in [-0.39, 0.29) is 17.4 Å². The molecule has 0 saturated heterocycles. The Morgan fingerprint density at radius 2 is 1.71 bits per heavy atom. The molecule has 0 aliphatic carbocycles. The lowest BCUT2D eigenvalue weighted by atomic mass is 10.1. The molecule has 0 amide bonds. The number of furan rings is 1. The van der Waals surface area contributed by atoms with Crippen LogP contribution in [0.3, 0.4) is 0 Å². The molecule has 0 atom stereocenters. The van der Waals surface area contributed by atoms with Crippen molar-refractivity contribution in [2.24, 2.45) is 0 Å². The van der Waals surface area contributed by atoms with Crippen LogP contribution in [0.2, 0.25) is 0 Å². The van der Waals surface area contributed by atoms with Gasteiger partial charge < -0.3 is 18.6 Å². The number of nitrogens with zero attached hydrogens (tertiary/aromatic N) is 2. The molecule has 0 spiro atoms. The molecule has 5 rings (SSSR count). The zero-order chi connectivity index (χ0) is 23.8. The first-order valence-electron chi connectivity index (χ1n) is 10.3. The molecule has 3 heterocycles. The number of aromatic nitrogens is 2. The van der Waals surface area contributed by atoms with Gasteiger partial charge in [0.05, 0.1) is 34.1 Å². The van der Waals surface area contributed by atoms with Gasteiger partial charge in [0.2, 0.25) is 11.2 Å². The highest BCUT2D eigenvalue weighted by Crippen LogP contribution is 2.41. The molecule has 0 fully saturated rings. The van der Waals surface area contributed by atoms with E-state index >= 15 is 0 Å². The summed E-state index contributed by atoms with van der Waals surface area (Å²) in [6, 6.07) is 14.1. The number of ether oxygens (including phenoxy) is 3. The predicted molar refractivity (Wildman–Crippen MR) is 131 cm³/mol. The van der Waals surface area contributed by atoms with Crippen LogP contribution in [0.1, 0.15) is 5.76 Å². The summed E-state index contributed by atoms with van der Waals surface area (Å²) in [4.78, 5) is 32.2. The van der Waals surface area contributed by atoms with Crippen LogP contribution < -0.4 is 25.2 Å². The van der Waals surface area contributed by atoms with Crippen LogP contribution in [-0.2, 0) is 6.54 Å². The molecule has 0 radical (unpaired) electrons. The zero-order valence-electron chi connectivity index (χ0n) is 18.7. The van der Waals surface area contributed by atoms with Gasteiger partial charge in [-0.05, 0) is 36.4 Å². The smallest absolute Gasteiger partial charge is 0.266 e. The highest BCUT2D eigenvalue weighted by Gasteiger charge is 2.21. The lowest BCUT2D eigenvalue weighted by molar-refractivity contribution is 0.324. The Morgan fingerprint density at radius 3 is 2.35 bits per heavy atom. The van der Waals surface area contributed by atoms with Crippen molar-refractivity contribution in [2.45, 2.75) is 6.54 Å².